The number of anilines is 1. The van der Waals surface area contributed by atoms with Gasteiger partial charge in [0.15, 0.2) is 11.5 Å². The maximum absolute atomic E-state index is 13.1. The minimum absolute atomic E-state index is 0.260. The van der Waals surface area contributed by atoms with Gasteiger partial charge in [0, 0.05) is 19.3 Å². The van der Waals surface area contributed by atoms with Crippen molar-refractivity contribution in [1.82, 2.24) is 0 Å². The molecule has 0 radical (unpaired) electrons. The highest BCUT2D eigenvalue weighted by Crippen LogP contribution is 2.28. The van der Waals surface area contributed by atoms with Crippen molar-refractivity contribution in [2.75, 3.05) is 32.8 Å². The lowest BCUT2D eigenvalue weighted by atomic mass is 10.2. The Kier molecular flexibility index (Phi) is 6.03. The number of methoxy groups -OCH3 is 2. The molecule has 4 nitrogen and oxygen atoms in total. The van der Waals surface area contributed by atoms with Gasteiger partial charge in [-0.15, -0.1) is 0 Å². The summed E-state index contributed by atoms with van der Waals surface area (Å²) in [6.07, 6.45) is 0. The van der Waals surface area contributed by atoms with Crippen molar-refractivity contribution in [3.8, 4) is 11.5 Å². The molecule has 0 unspecified atom stereocenters. The highest BCUT2D eigenvalue weighted by Gasteiger charge is 2.06. The van der Waals surface area contributed by atoms with Crippen LogP contribution in [0.15, 0.2) is 42.5 Å². The SMILES string of the molecule is COCCOc1ccc(CNc2cccc(F)c2)cc1OC. The van der Waals surface area contributed by atoms with Crippen LogP contribution in [0.25, 0.3) is 0 Å². The maximum Gasteiger partial charge on any atom is 0.161 e. The van der Waals surface area contributed by atoms with Crippen LogP contribution in [0, 0.1) is 5.82 Å². The lowest BCUT2D eigenvalue weighted by Gasteiger charge is -2.13. The summed E-state index contributed by atoms with van der Waals surface area (Å²) in [6.45, 7) is 1.55. The first-order valence-electron chi connectivity index (χ1n) is 7.01. The van der Waals surface area contributed by atoms with Crippen LogP contribution in [-0.4, -0.2) is 27.4 Å². The molecule has 2 aromatic carbocycles. The first-order valence-corrected chi connectivity index (χ1v) is 7.01. The Balaban J connectivity index is 1.99. The molecule has 0 saturated heterocycles. The molecule has 2 aromatic rings. The molecule has 0 bridgehead atoms. The third kappa shape index (κ3) is 4.63. The Morgan fingerprint density at radius 2 is 1.86 bits per heavy atom. The van der Waals surface area contributed by atoms with E-state index in [1.54, 1.807) is 20.3 Å². The standard InChI is InChI=1S/C17H20FNO3/c1-20-8-9-22-16-7-6-13(10-17(16)21-2)12-19-15-5-3-4-14(18)11-15/h3-7,10-11,19H,8-9,12H2,1-2H3. The van der Waals surface area contributed by atoms with Gasteiger partial charge in [0.05, 0.1) is 13.7 Å². The van der Waals surface area contributed by atoms with Crippen LogP contribution in [0.1, 0.15) is 5.56 Å². The molecule has 0 aliphatic carbocycles. The lowest BCUT2D eigenvalue weighted by Crippen LogP contribution is -2.06. The predicted octanol–water partition coefficient (Wildman–Crippen LogP) is 3.47. The number of nitrogens with one attached hydrogen (secondary N) is 1. The third-order valence-electron chi connectivity index (χ3n) is 3.09. The van der Waals surface area contributed by atoms with E-state index in [0.29, 0.717) is 31.3 Å². The fraction of sp³-hybridized carbons (Fsp3) is 0.294. The summed E-state index contributed by atoms with van der Waals surface area (Å²) in [5.41, 5.74) is 1.75. The zero-order valence-electron chi connectivity index (χ0n) is 12.8. The van der Waals surface area contributed by atoms with Crippen molar-refractivity contribution < 1.29 is 18.6 Å². The molecule has 0 heterocycles. The fourth-order valence-electron chi connectivity index (χ4n) is 1.98. The van der Waals surface area contributed by atoms with Gasteiger partial charge in [0.25, 0.3) is 0 Å². The second kappa shape index (κ2) is 8.24. The zero-order valence-corrected chi connectivity index (χ0v) is 12.8. The van der Waals surface area contributed by atoms with Crippen LogP contribution >= 0.6 is 0 Å². The molecular weight excluding hydrogens is 285 g/mol. The van der Waals surface area contributed by atoms with Crippen molar-refractivity contribution in [3.63, 3.8) is 0 Å². The van der Waals surface area contributed by atoms with E-state index in [9.17, 15) is 4.39 Å². The van der Waals surface area contributed by atoms with Crippen LogP contribution in [0.3, 0.4) is 0 Å². The minimum Gasteiger partial charge on any atom is -0.493 e. The summed E-state index contributed by atoms with van der Waals surface area (Å²) in [6, 6.07) is 12.1. The van der Waals surface area contributed by atoms with E-state index < -0.39 is 0 Å². The number of rotatable bonds is 8. The number of ether oxygens (including phenoxy) is 3. The van der Waals surface area contributed by atoms with Crippen molar-refractivity contribution in [2.24, 2.45) is 0 Å². The van der Waals surface area contributed by atoms with Crippen molar-refractivity contribution in [2.45, 2.75) is 6.54 Å². The molecule has 0 aliphatic heterocycles. The van der Waals surface area contributed by atoms with Gasteiger partial charge < -0.3 is 19.5 Å². The topological polar surface area (TPSA) is 39.7 Å². The van der Waals surface area contributed by atoms with Crippen LogP contribution in [-0.2, 0) is 11.3 Å². The van der Waals surface area contributed by atoms with E-state index in [0.717, 1.165) is 11.3 Å². The Morgan fingerprint density at radius 3 is 2.59 bits per heavy atom. The van der Waals surface area contributed by atoms with Gasteiger partial charge in [0.2, 0.25) is 0 Å². The van der Waals surface area contributed by atoms with E-state index >= 15 is 0 Å². The van der Waals surface area contributed by atoms with E-state index in [2.05, 4.69) is 5.32 Å². The molecule has 22 heavy (non-hydrogen) atoms. The van der Waals surface area contributed by atoms with Crippen molar-refractivity contribution in [3.05, 3.63) is 53.8 Å². The third-order valence-corrected chi connectivity index (χ3v) is 3.09. The predicted molar refractivity (Wildman–Crippen MR) is 84.1 cm³/mol. The Morgan fingerprint density at radius 1 is 1.00 bits per heavy atom. The summed E-state index contributed by atoms with van der Waals surface area (Å²) in [7, 11) is 3.23. The molecule has 0 atom stereocenters. The average Bonchev–Trinajstić information content (AvgIpc) is 2.54. The van der Waals surface area contributed by atoms with E-state index in [1.807, 2.05) is 24.3 Å². The molecule has 0 spiro atoms. The zero-order chi connectivity index (χ0) is 15.8. The monoisotopic (exact) mass is 305 g/mol. The summed E-state index contributed by atoms with van der Waals surface area (Å²) in [4.78, 5) is 0. The lowest BCUT2D eigenvalue weighted by molar-refractivity contribution is 0.144. The van der Waals surface area contributed by atoms with E-state index in [1.165, 1.54) is 12.1 Å². The van der Waals surface area contributed by atoms with E-state index in [-0.39, 0.29) is 5.82 Å². The molecule has 0 aromatic heterocycles. The molecule has 2 rings (SSSR count). The normalized spacial score (nSPS) is 10.3. The Bertz CT molecular complexity index is 604. The van der Waals surface area contributed by atoms with E-state index in [4.69, 9.17) is 14.2 Å². The molecular formula is C17H20FNO3. The van der Waals surface area contributed by atoms with Crippen LogP contribution in [0.4, 0.5) is 10.1 Å². The summed E-state index contributed by atoms with van der Waals surface area (Å²) < 4.78 is 29.0. The molecule has 5 heteroatoms. The summed E-state index contributed by atoms with van der Waals surface area (Å²) in [5.74, 6) is 1.08. The molecule has 1 N–H and O–H groups in total. The van der Waals surface area contributed by atoms with Crippen molar-refractivity contribution >= 4 is 5.69 Å². The smallest absolute Gasteiger partial charge is 0.161 e. The van der Waals surface area contributed by atoms with Gasteiger partial charge in [-0.1, -0.05) is 12.1 Å². The second-order valence-corrected chi connectivity index (χ2v) is 4.69. The Hall–Kier alpha value is -2.27. The molecule has 0 fully saturated rings. The first-order chi connectivity index (χ1) is 10.7. The van der Waals surface area contributed by atoms with Gasteiger partial charge in [0.1, 0.15) is 12.4 Å². The summed E-state index contributed by atoms with van der Waals surface area (Å²) in [5, 5.41) is 3.17. The average molecular weight is 305 g/mol. The second-order valence-electron chi connectivity index (χ2n) is 4.69. The van der Waals surface area contributed by atoms with Gasteiger partial charge in [-0.25, -0.2) is 4.39 Å². The van der Waals surface area contributed by atoms with Crippen LogP contribution in [0.5, 0.6) is 11.5 Å². The molecule has 0 amide bonds. The first kappa shape index (κ1) is 16.1. The molecule has 0 aliphatic rings. The van der Waals surface area contributed by atoms with Gasteiger partial charge in [-0.2, -0.15) is 0 Å². The Labute approximate surface area is 129 Å². The maximum atomic E-state index is 13.1. The van der Waals surface area contributed by atoms with Gasteiger partial charge in [-0.05, 0) is 35.9 Å². The molecule has 0 saturated carbocycles. The van der Waals surface area contributed by atoms with Gasteiger partial charge in [-0.3, -0.25) is 0 Å². The number of halogens is 1. The number of benzene rings is 2. The molecule has 118 valence electrons. The van der Waals surface area contributed by atoms with Crippen molar-refractivity contribution in [1.29, 1.82) is 0 Å². The number of hydrogen-bond acceptors (Lipinski definition) is 4. The number of hydrogen-bond donors (Lipinski definition) is 1. The minimum atomic E-state index is -0.260. The fourth-order valence-corrected chi connectivity index (χ4v) is 1.98. The van der Waals surface area contributed by atoms with Crippen LogP contribution in [0.2, 0.25) is 0 Å². The van der Waals surface area contributed by atoms with Gasteiger partial charge >= 0.3 is 0 Å². The highest BCUT2D eigenvalue weighted by molar-refractivity contribution is 5.46. The largest absolute Gasteiger partial charge is 0.493 e. The van der Waals surface area contributed by atoms with Crippen LogP contribution < -0.4 is 14.8 Å². The quantitative estimate of drug-likeness (QED) is 0.758. The summed E-state index contributed by atoms with van der Waals surface area (Å²) >= 11 is 0. The highest BCUT2D eigenvalue weighted by atomic mass is 19.1.